The molecular formula is C14H10BrCl4N. The van der Waals surface area contributed by atoms with Crippen molar-refractivity contribution in [2.45, 2.75) is 13.0 Å². The summed E-state index contributed by atoms with van der Waals surface area (Å²) in [4.78, 5) is 0. The van der Waals surface area contributed by atoms with Crippen LogP contribution in [0.3, 0.4) is 0 Å². The standard InChI is InChI=1S/C14H10BrCl4N/c1-7(9-3-5-11(16)14(19)13(9)18)20-8-2-4-10(15)12(17)6-8/h2-7,20H,1H3. The lowest BCUT2D eigenvalue weighted by Crippen LogP contribution is -2.07. The topological polar surface area (TPSA) is 12.0 Å². The lowest BCUT2D eigenvalue weighted by Gasteiger charge is -2.18. The van der Waals surface area contributed by atoms with E-state index in [0.29, 0.717) is 20.1 Å². The van der Waals surface area contributed by atoms with Gasteiger partial charge in [-0.25, -0.2) is 0 Å². The smallest absolute Gasteiger partial charge is 0.0782 e. The Morgan fingerprint density at radius 2 is 1.65 bits per heavy atom. The van der Waals surface area contributed by atoms with E-state index in [0.717, 1.165) is 15.7 Å². The molecule has 0 aliphatic heterocycles. The molecule has 1 unspecified atom stereocenters. The molecule has 0 saturated heterocycles. The predicted molar refractivity (Wildman–Crippen MR) is 92.7 cm³/mol. The molecule has 0 spiro atoms. The van der Waals surface area contributed by atoms with Crippen molar-refractivity contribution >= 4 is 68.0 Å². The molecule has 0 bridgehead atoms. The molecule has 2 aromatic carbocycles. The Hall–Kier alpha value is -0.120. The second-order valence-corrected chi connectivity index (χ2v) is 6.68. The number of rotatable bonds is 3. The minimum absolute atomic E-state index is 0.0329. The maximum Gasteiger partial charge on any atom is 0.0782 e. The fourth-order valence-corrected chi connectivity index (χ4v) is 2.92. The number of hydrogen-bond acceptors (Lipinski definition) is 1. The van der Waals surface area contributed by atoms with Crippen molar-refractivity contribution in [1.82, 2.24) is 0 Å². The van der Waals surface area contributed by atoms with Gasteiger partial charge in [-0.1, -0.05) is 52.5 Å². The summed E-state index contributed by atoms with van der Waals surface area (Å²) < 4.78 is 0.852. The number of halogens is 5. The summed E-state index contributed by atoms with van der Waals surface area (Å²) in [6, 6.07) is 9.21. The molecule has 0 saturated carbocycles. The van der Waals surface area contributed by atoms with Crippen LogP contribution in [0.5, 0.6) is 0 Å². The van der Waals surface area contributed by atoms with Gasteiger partial charge in [0.25, 0.3) is 0 Å². The summed E-state index contributed by atoms with van der Waals surface area (Å²) in [5, 5.41) is 5.24. The highest BCUT2D eigenvalue weighted by Crippen LogP contribution is 2.36. The number of nitrogens with one attached hydrogen (secondary N) is 1. The summed E-state index contributed by atoms with van der Waals surface area (Å²) in [6.07, 6.45) is 0. The van der Waals surface area contributed by atoms with E-state index in [2.05, 4.69) is 21.2 Å². The first kappa shape index (κ1) is 16.3. The van der Waals surface area contributed by atoms with Gasteiger partial charge in [-0.15, -0.1) is 0 Å². The quantitative estimate of drug-likeness (QED) is 0.523. The highest BCUT2D eigenvalue weighted by Gasteiger charge is 2.14. The van der Waals surface area contributed by atoms with E-state index in [9.17, 15) is 0 Å². The molecule has 1 nitrogen and oxygen atoms in total. The van der Waals surface area contributed by atoms with Crippen molar-refractivity contribution in [2.24, 2.45) is 0 Å². The van der Waals surface area contributed by atoms with Gasteiger partial charge in [-0.3, -0.25) is 0 Å². The summed E-state index contributed by atoms with van der Waals surface area (Å²) in [7, 11) is 0. The van der Waals surface area contributed by atoms with Crippen molar-refractivity contribution in [3.63, 3.8) is 0 Å². The normalized spacial score (nSPS) is 12.3. The van der Waals surface area contributed by atoms with Crippen molar-refractivity contribution in [2.75, 3.05) is 5.32 Å². The Balaban J connectivity index is 2.26. The molecule has 20 heavy (non-hydrogen) atoms. The van der Waals surface area contributed by atoms with Crippen LogP contribution >= 0.6 is 62.3 Å². The molecule has 0 radical (unpaired) electrons. The Labute approximate surface area is 146 Å². The third-order valence-electron chi connectivity index (χ3n) is 2.83. The Bertz CT molecular complexity index is 645. The van der Waals surface area contributed by atoms with Gasteiger partial charge in [0, 0.05) is 10.2 Å². The van der Waals surface area contributed by atoms with E-state index in [1.54, 1.807) is 6.07 Å². The minimum Gasteiger partial charge on any atom is -0.378 e. The van der Waals surface area contributed by atoms with Gasteiger partial charge < -0.3 is 5.32 Å². The predicted octanol–water partition coefficient (Wildman–Crippen LogP) is 7.24. The molecule has 6 heteroatoms. The molecule has 0 aliphatic carbocycles. The van der Waals surface area contributed by atoms with Gasteiger partial charge in [-0.2, -0.15) is 0 Å². The third-order valence-corrected chi connectivity index (χ3v) is 5.38. The largest absolute Gasteiger partial charge is 0.378 e. The number of benzene rings is 2. The fraction of sp³-hybridized carbons (Fsp3) is 0.143. The molecule has 2 rings (SSSR count). The zero-order chi connectivity index (χ0) is 14.9. The highest BCUT2D eigenvalue weighted by molar-refractivity contribution is 9.10. The van der Waals surface area contributed by atoms with Crippen LogP contribution in [0, 0.1) is 0 Å². The maximum absolute atomic E-state index is 6.23. The van der Waals surface area contributed by atoms with Gasteiger partial charge in [0.2, 0.25) is 0 Å². The third kappa shape index (κ3) is 3.55. The Morgan fingerprint density at radius 3 is 2.30 bits per heavy atom. The molecule has 2 aromatic rings. The van der Waals surface area contributed by atoms with Crippen molar-refractivity contribution in [3.8, 4) is 0 Å². The van der Waals surface area contributed by atoms with Crippen LogP contribution in [-0.4, -0.2) is 0 Å². The van der Waals surface area contributed by atoms with Crippen molar-refractivity contribution in [1.29, 1.82) is 0 Å². The van der Waals surface area contributed by atoms with E-state index < -0.39 is 0 Å². The van der Waals surface area contributed by atoms with E-state index in [-0.39, 0.29) is 6.04 Å². The van der Waals surface area contributed by atoms with Crippen molar-refractivity contribution < 1.29 is 0 Å². The Kier molecular flexibility index (Phi) is 5.49. The summed E-state index contributed by atoms with van der Waals surface area (Å²) >= 11 is 27.6. The molecule has 0 aromatic heterocycles. The van der Waals surface area contributed by atoms with Gasteiger partial charge in [0.05, 0.1) is 26.1 Å². The van der Waals surface area contributed by atoms with E-state index in [1.807, 2.05) is 31.2 Å². The monoisotopic (exact) mass is 411 g/mol. The average Bonchev–Trinajstić information content (AvgIpc) is 2.40. The molecule has 0 amide bonds. The molecule has 0 heterocycles. The molecule has 1 N–H and O–H groups in total. The van der Waals surface area contributed by atoms with Crippen LogP contribution in [-0.2, 0) is 0 Å². The van der Waals surface area contributed by atoms with Gasteiger partial charge in [-0.05, 0) is 52.7 Å². The minimum atomic E-state index is -0.0329. The number of anilines is 1. The van der Waals surface area contributed by atoms with Crippen LogP contribution < -0.4 is 5.32 Å². The lowest BCUT2D eigenvalue weighted by molar-refractivity contribution is 0.885. The lowest BCUT2D eigenvalue weighted by atomic mass is 10.1. The second-order valence-electron chi connectivity index (χ2n) is 4.26. The van der Waals surface area contributed by atoms with Crippen LogP contribution in [0.25, 0.3) is 0 Å². The zero-order valence-corrected chi connectivity index (χ0v) is 15.0. The second kappa shape index (κ2) is 6.76. The molecule has 0 fully saturated rings. The molecule has 0 aliphatic rings. The molecular weight excluding hydrogens is 404 g/mol. The first-order chi connectivity index (χ1) is 9.40. The maximum atomic E-state index is 6.23. The summed E-state index contributed by atoms with van der Waals surface area (Å²) in [6.45, 7) is 1.99. The SMILES string of the molecule is CC(Nc1ccc(Br)c(Cl)c1)c1ccc(Cl)c(Cl)c1Cl. The first-order valence-electron chi connectivity index (χ1n) is 5.75. The Morgan fingerprint density at radius 1 is 0.950 bits per heavy atom. The van der Waals surface area contributed by atoms with E-state index in [4.69, 9.17) is 46.4 Å². The summed E-state index contributed by atoms with van der Waals surface area (Å²) in [5.41, 5.74) is 1.77. The molecule has 106 valence electrons. The van der Waals surface area contributed by atoms with Crippen LogP contribution in [0.2, 0.25) is 20.1 Å². The molecule has 1 atom stereocenters. The van der Waals surface area contributed by atoms with Crippen LogP contribution in [0.1, 0.15) is 18.5 Å². The van der Waals surface area contributed by atoms with Gasteiger partial charge in [0.1, 0.15) is 0 Å². The van der Waals surface area contributed by atoms with Crippen molar-refractivity contribution in [3.05, 3.63) is 60.5 Å². The van der Waals surface area contributed by atoms with Gasteiger partial charge in [0.15, 0.2) is 0 Å². The first-order valence-corrected chi connectivity index (χ1v) is 8.05. The van der Waals surface area contributed by atoms with Crippen LogP contribution in [0.4, 0.5) is 5.69 Å². The van der Waals surface area contributed by atoms with Gasteiger partial charge >= 0.3 is 0 Å². The number of hydrogen-bond donors (Lipinski definition) is 1. The average molecular weight is 414 g/mol. The zero-order valence-electron chi connectivity index (χ0n) is 10.4. The highest BCUT2D eigenvalue weighted by atomic mass is 79.9. The van der Waals surface area contributed by atoms with E-state index >= 15 is 0 Å². The fourth-order valence-electron chi connectivity index (χ4n) is 1.79. The van der Waals surface area contributed by atoms with E-state index in [1.165, 1.54) is 0 Å². The summed E-state index contributed by atoms with van der Waals surface area (Å²) in [5.74, 6) is 0. The van der Waals surface area contributed by atoms with Crippen LogP contribution in [0.15, 0.2) is 34.8 Å².